The number of ether oxygens (including phenoxy) is 2. The molecule has 3 aromatic rings. The van der Waals surface area contributed by atoms with Gasteiger partial charge >= 0.3 is 12.4 Å². The minimum atomic E-state index is -4.52. The van der Waals surface area contributed by atoms with Gasteiger partial charge in [-0.3, -0.25) is 0 Å². The van der Waals surface area contributed by atoms with E-state index in [4.69, 9.17) is 9.47 Å². The fraction of sp³-hybridized carbons (Fsp3) is 0.314. The Bertz CT molecular complexity index is 1590. The zero-order valence-corrected chi connectivity index (χ0v) is 25.0. The van der Waals surface area contributed by atoms with Gasteiger partial charge in [-0.1, -0.05) is 57.4 Å². The average Bonchev–Trinajstić information content (AvgIpc) is 3.02. The Labute approximate surface area is 258 Å². The topological polar surface area (TPSA) is 66.0 Å². The van der Waals surface area contributed by atoms with Gasteiger partial charge in [-0.25, -0.2) is 0 Å². The molecule has 10 heteroatoms. The van der Waals surface area contributed by atoms with Crippen LogP contribution in [0.3, 0.4) is 0 Å². The molecule has 0 aliphatic heterocycles. The van der Waals surface area contributed by atoms with Crippen LogP contribution in [0.25, 0.3) is 23.3 Å². The van der Waals surface area contributed by atoms with Crippen molar-refractivity contribution in [1.29, 1.82) is 10.5 Å². The highest BCUT2D eigenvalue weighted by molar-refractivity contribution is 5.93. The Hall–Kier alpha value is -4.70. The molecule has 236 valence electrons. The van der Waals surface area contributed by atoms with Gasteiger partial charge in [0.05, 0.1) is 48.1 Å². The summed E-state index contributed by atoms with van der Waals surface area (Å²) in [6.07, 6.45) is -2.28. The van der Waals surface area contributed by atoms with E-state index >= 15 is 0 Å². The van der Waals surface area contributed by atoms with Crippen LogP contribution < -0.4 is 9.47 Å². The zero-order chi connectivity index (χ0) is 33.2. The highest BCUT2D eigenvalue weighted by Gasteiger charge is 2.31. The summed E-state index contributed by atoms with van der Waals surface area (Å²) in [4.78, 5) is 0. The fourth-order valence-corrected chi connectivity index (χ4v) is 4.57. The Morgan fingerprint density at radius 3 is 1.58 bits per heavy atom. The minimum absolute atomic E-state index is 0.0770. The van der Waals surface area contributed by atoms with Gasteiger partial charge in [0, 0.05) is 11.1 Å². The first-order valence-corrected chi connectivity index (χ1v) is 14.3. The first-order valence-electron chi connectivity index (χ1n) is 14.3. The van der Waals surface area contributed by atoms with Crippen LogP contribution >= 0.6 is 0 Å². The second-order valence-electron chi connectivity index (χ2n) is 10.3. The Kier molecular flexibility index (Phi) is 11.9. The van der Waals surface area contributed by atoms with Crippen LogP contribution in [0.2, 0.25) is 0 Å². The largest absolute Gasteiger partial charge is 0.496 e. The number of halogens is 6. The molecule has 0 N–H and O–H groups in total. The monoisotopic (exact) mass is 626 g/mol. The maximum atomic E-state index is 13.1. The summed E-state index contributed by atoms with van der Waals surface area (Å²) < 4.78 is 90.3. The number of rotatable bonds is 12. The number of nitriles is 2. The molecule has 0 aliphatic carbocycles. The molecule has 0 aromatic heterocycles. The first kappa shape index (κ1) is 34.8. The predicted octanol–water partition coefficient (Wildman–Crippen LogP) is 10.5. The lowest BCUT2D eigenvalue weighted by Gasteiger charge is -2.19. The Balaban J connectivity index is 2.13. The van der Waals surface area contributed by atoms with Crippen LogP contribution in [-0.2, 0) is 12.4 Å². The standard InChI is InChI=1S/C35H32F6N2O2/c1-4-6-7-23(5-2)22-45-33-19-26(16-28(20-42)24-8-12-30(13-9-24)34(36,37)38)32(44-3)18-27(33)17-29(21-43)25-10-14-31(15-11-25)35(39,40)41/h8-19,23H,4-7,22H2,1-3H3/b28-16+,29-17+. The molecular weight excluding hydrogens is 594 g/mol. The number of hydrogen-bond acceptors (Lipinski definition) is 4. The lowest BCUT2D eigenvalue weighted by Crippen LogP contribution is -2.12. The molecule has 0 saturated carbocycles. The van der Waals surface area contributed by atoms with E-state index < -0.39 is 23.5 Å². The minimum Gasteiger partial charge on any atom is -0.496 e. The van der Waals surface area contributed by atoms with Crippen molar-refractivity contribution in [3.8, 4) is 23.6 Å². The van der Waals surface area contributed by atoms with E-state index in [1.165, 1.54) is 43.5 Å². The van der Waals surface area contributed by atoms with Gasteiger partial charge in [-0.15, -0.1) is 0 Å². The number of benzene rings is 3. The van der Waals surface area contributed by atoms with E-state index in [0.29, 0.717) is 23.5 Å². The van der Waals surface area contributed by atoms with Crippen LogP contribution in [0, 0.1) is 28.6 Å². The molecule has 45 heavy (non-hydrogen) atoms. The highest BCUT2D eigenvalue weighted by Crippen LogP contribution is 2.36. The van der Waals surface area contributed by atoms with E-state index in [2.05, 4.69) is 6.92 Å². The first-order chi connectivity index (χ1) is 21.3. The number of nitrogens with zero attached hydrogens (tertiary/aromatic N) is 2. The highest BCUT2D eigenvalue weighted by atomic mass is 19.4. The summed E-state index contributed by atoms with van der Waals surface area (Å²) in [6.45, 7) is 4.49. The SMILES string of the molecule is CCCCC(CC)COc1cc(/C=C(\C#N)c2ccc(C(F)(F)F)cc2)c(OC)cc1/C=C(\C#N)c1ccc(C(F)(F)F)cc1. The molecule has 0 radical (unpaired) electrons. The van der Waals surface area contributed by atoms with Crippen molar-refractivity contribution >= 4 is 23.3 Å². The zero-order valence-electron chi connectivity index (χ0n) is 25.0. The molecule has 0 spiro atoms. The van der Waals surface area contributed by atoms with Crippen molar-refractivity contribution in [3.05, 3.63) is 94.0 Å². The van der Waals surface area contributed by atoms with Gasteiger partial charge < -0.3 is 9.47 Å². The quantitative estimate of drug-likeness (QED) is 0.114. The lowest BCUT2D eigenvalue weighted by atomic mass is 9.98. The normalized spacial score (nSPS) is 13.1. The molecular formula is C35H32F6N2O2. The molecule has 0 bridgehead atoms. The number of allylic oxidation sites excluding steroid dienone is 2. The number of unbranched alkanes of at least 4 members (excludes halogenated alkanes) is 1. The van der Waals surface area contributed by atoms with E-state index in [0.717, 1.165) is 49.9 Å². The van der Waals surface area contributed by atoms with Crippen LogP contribution in [0.15, 0.2) is 60.7 Å². The van der Waals surface area contributed by atoms with Crippen LogP contribution in [0.5, 0.6) is 11.5 Å². The second-order valence-corrected chi connectivity index (χ2v) is 10.3. The van der Waals surface area contributed by atoms with Gasteiger partial charge in [0.25, 0.3) is 0 Å². The van der Waals surface area contributed by atoms with Crippen LogP contribution in [0.1, 0.15) is 72.9 Å². The molecule has 0 saturated heterocycles. The summed E-state index contributed by atoms with van der Waals surface area (Å²) in [5.74, 6) is 0.840. The van der Waals surface area contributed by atoms with Crippen molar-refractivity contribution in [1.82, 2.24) is 0 Å². The molecule has 0 fully saturated rings. The summed E-state index contributed by atoms with van der Waals surface area (Å²) in [5.41, 5.74) is -0.184. The van der Waals surface area contributed by atoms with Crippen molar-refractivity contribution in [2.45, 2.75) is 51.9 Å². The third-order valence-electron chi connectivity index (χ3n) is 7.27. The van der Waals surface area contributed by atoms with Crippen molar-refractivity contribution < 1.29 is 35.8 Å². The van der Waals surface area contributed by atoms with Gasteiger partial charge in [0.1, 0.15) is 11.5 Å². The van der Waals surface area contributed by atoms with E-state index in [9.17, 15) is 36.9 Å². The molecule has 0 amide bonds. The Morgan fingerprint density at radius 1 is 0.756 bits per heavy atom. The smallest absolute Gasteiger partial charge is 0.416 e. The number of alkyl halides is 6. The molecule has 4 nitrogen and oxygen atoms in total. The summed E-state index contributed by atoms with van der Waals surface area (Å²) in [6, 6.07) is 15.7. The summed E-state index contributed by atoms with van der Waals surface area (Å²) in [5, 5.41) is 19.8. The molecule has 3 rings (SSSR count). The lowest BCUT2D eigenvalue weighted by molar-refractivity contribution is -0.138. The van der Waals surface area contributed by atoms with Gasteiger partial charge in [0.15, 0.2) is 0 Å². The number of hydrogen-bond donors (Lipinski definition) is 0. The third kappa shape index (κ3) is 9.39. The predicted molar refractivity (Wildman–Crippen MR) is 162 cm³/mol. The van der Waals surface area contributed by atoms with E-state index in [1.54, 1.807) is 12.1 Å². The van der Waals surface area contributed by atoms with E-state index in [1.807, 2.05) is 19.1 Å². The van der Waals surface area contributed by atoms with E-state index in [-0.39, 0.29) is 33.9 Å². The Morgan fingerprint density at radius 2 is 1.20 bits per heavy atom. The summed E-state index contributed by atoms with van der Waals surface area (Å²) >= 11 is 0. The van der Waals surface area contributed by atoms with Crippen molar-refractivity contribution in [2.75, 3.05) is 13.7 Å². The molecule has 0 heterocycles. The fourth-order valence-electron chi connectivity index (χ4n) is 4.57. The molecule has 3 aromatic carbocycles. The molecule has 0 aliphatic rings. The van der Waals surface area contributed by atoms with Crippen molar-refractivity contribution in [2.24, 2.45) is 5.92 Å². The molecule has 1 atom stereocenters. The van der Waals surface area contributed by atoms with Crippen LogP contribution in [-0.4, -0.2) is 13.7 Å². The van der Waals surface area contributed by atoms with Crippen LogP contribution in [0.4, 0.5) is 26.3 Å². The summed E-state index contributed by atoms with van der Waals surface area (Å²) in [7, 11) is 1.39. The van der Waals surface area contributed by atoms with Crippen molar-refractivity contribution in [3.63, 3.8) is 0 Å². The maximum Gasteiger partial charge on any atom is 0.416 e. The second kappa shape index (κ2) is 15.3. The third-order valence-corrected chi connectivity index (χ3v) is 7.27. The van der Waals surface area contributed by atoms with Gasteiger partial charge in [-0.05, 0) is 72.0 Å². The van der Waals surface area contributed by atoms with Gasteiger partial charge in [-0.2, -0.15) is 36.9 Å². The maximum absolute atomic E-state index is 13.1. The average molecular weight is 627 g/mol. The van der Waals surface area contributed by atoms with Gasteiger partial charge in [0.2, 0.25) is 0 Å². The number of methoxy groups -OCH3 is 1. The molecule has 1 unspecified atom stereocenters.